The highest BCUT2D eigenvalue weighted by atomic mass is 35.5. The van der Waals surface area contributed by atoms with E-state index in [0.717, 1.165) is 0 Å². The number of hydrogen-bond acceptors (Lipinski definition) is 2. The second-order valence-electron chi connectivity index (χ2n) is 3.76. The molecule has 100 valence electrons. The Morgan fingerprint density at radius 1 is 1.44 bits per heavy atom. The van der Waals surface area contributed by atoms with Gasteiger partial charge in [0.1, 0.15) is 5.75 Å². The topological polar surface area (TPSA) is 38.3 Å². The standard InChI is InChI=1S/C12H14ClF2NO2/c1-8(6-13)11(17)16-7-9-4-2-3-5-10(9)18-12(14)15/h2-5,8,12H,6-7H2,1H3,(H,16,17). The molecule has 18 heavy (non-hydrogen) atoms. The van der Waals surface area contributed by atoms with Crippen LogP contribution in [0.25, 0.3) is 0 Å². The predicted molar refractivity (Wildman–Crippen MR) is 64.8 cm³/mol. The molecule has 0 bridgehead atoms. The van der Waals surface area contributed by atoms with Crippen molar-refractivity contribution in [3.63, 3.8) is 0 Å². The number of amides is 1. The maximum atomic E-state index is 12.2. The Labute approximate surface area is 109 Å². The van der Waals surface area contributed by atoms with Crippen molar-refractivity contribution < 1.29 is 18.3 Å². The van der Waals surface area contributed by atoms with E-state index >= 15 is 0 Å². The monoisotopic (exact) mass is 277 g/mol. The van der Waals surface area contributed by atoms with E-state index in [1.54, 1.807) is 25.1 Å². The average molecular weight is 278 g/mol. The number of hydrogen-bond donors (Lipinski definition) is 1. The van der Waals surface area contributed by atoms with Gasteiger partial charge in [-0.25, -0.2) is 0 Å². The predicted octanol–water partition coefficient (Wildman–Crippen LogP) is 2.78. The number of alkyl halides is 3. The molecule has 0 spiro atoms. The second kappa shape index (κ2) is 7.16. The largest absolute Gasteiger partial charge is 0.434 e. The molecule has 0 saturated carbocycles. The Morgan fingerprint density at radius 2 is 2.11 bits per heavy atom. The zero-order valence-electron chi connectivity index (χ0n) is 9.83. The lowest BCUT2D eigenvalue weighted by Gasteiger charge is -2.12. The number of benzene rings is 1. The second-order valence-corrected chi connectivity index (χ2v) is 4.07. The molecule has 0 aliphatic heterocycles. The van der Waals surface area contributed by atoms with Gasteiger partial charge in [-0.2, -0.15) is 8.78 Å². The summed E-state index contributed by atoms with van der Waals surface area (Å²) >= 11 is 5.54. The van der Waals surface area contributed by atoms with Crippen molar-refractivity contribution in [2.24, 2.45) is 5.92 Å². The van der Waals surface area contributed by atoms with Crippen LogP contribution in [0.3, 0.4) is 0 Å². The summed E-state index contributed by atoms with van der Waals surface area (Å²) in [5.74, 6) is -0.279. The van der Waals surface area contributed by atoms with Crippen molar-refractivity contribution in [3.8, 4) is 5.75 Å². The summed E-state index contributed by atoms with van der Waals surface area (Å²) in [5.41, 5.74) is 0.493. The summed E-state index contributed by atoms with van der Waals surface area (Å²) in [6.07, 6.45) is 0. The molecule has 0 aliphatic carbocycles. The maximum absolute atomic E-state index is 12.2. The summed E-state index contributed by atoms with van der Waals surface area (Å²) in [7, 11) is 0. The molecule has 0 saturated heterocycles. The average Bonchev–Trinajstić information content (AvgIpc) is 2.35. The molecule has 1 atom stereocenters. The highest BCUT2D eigenvalue weighted by molar-refractivity contribution is 6.19. The molecule has 1 unspecified atom stereocenters. The van der Waals surface area contributed by atoms with Crippen LogP contribution in [-0.4, -0.2) is 18.4 Å². The van der Waals surface area contributed by atoms with Crippen LogP contribution in [0.5, 0.6) is 5.75 Å². The Kier molecular flexibility index (Phi) is 5.85. The molecule has 6 heteroatoms. The van der Waals surface area contributed by atoms with Gasteiger partial charge in [-0.15, -0.1) is 11.6 Å². The van der Waals surface area contributed by atoms with Crippen LogP contribution in [0.15, 0.2) is 24.3 Å². The van der Waals surface area contributed by atoms with Gasteiger partial charge < -0.3 is 10.1 Å². The van der Waals surface area contributed by atoms with Crippen molar-refractivity contribution in [2.45, 2.75) is 20.1 Å². The highest BCUT2D eigenvalue weighted by Gasteiger charge is 2.13. The lowest BCUT2D eigenvalue weighted by molar-refractivity contribution is -0.124. The molecule has 0 aliphatic rings. The minimum absolute atomic E-state index is 0.0614. The third-order valence-corrected chi connectivity index (χ3v) is 2.78. The van der Waals surface area contributed by atoms with Gasteiger partial charge in [-0.05, 0) is 6.07 Å². The summed E-state index contributed by atoms with van der Waals surface area (Å²) in [5, 5.41) is 2.62. The van der Waals surface area contributed by atoms with E-state index in [1.165, 1.54) is 6.07 Å². The van der Waals surface area contributed by atoms with Crippen molar-refractivity contribution in [1.82, 2.24) is 5.32 Å². The van der Waals surface area contributed by atoms with Crippen molar-refractivity contribution in [1.29, 1.82) is 0 Å². The van der Waals surface area contributed by atoms with E-state index in [0.29, 0.717) is 5.56 Å². The molecule has 0 heterocycles. The van der Waals surface area contributed by atoms with Gasteiger partial charge in [-0.1, -0.05) is 25.1 Å². The molecule has 0 aromatic heterocycles. The number of ether oxygens (including phenoxy) is 1. The zero-order valence-corrected chi connectivity index (χ0v) is 10.6. The van der Waals surface area contributed by atoms with E-state index in [1.807, 2.05) is 0 Å². The number of carbonyl (C=O) groups excluding carboxylic acids is 1. The maximum Gasteiger partial charge on any atom is 0.387 e. The van der Waals surface area contributed by atoms with Crippen LogP contribution in [0.1, 0.15) is 12.5 Å². The first-order valence-corrected chi connectivity index (χ1v) is 5.94. The minimum Gasteiger partial charge on any atom is -0.434 e. The molecular formula is C12H14ClF2NO2. The molecule has 0 radical (unpaired) electrons. The number of rotatable bonds is 6. The quantitative estimate of drug-likeness (QED) is 0.812. The van der Waals surface area contributed by atoms with E-state index in [-0.39, 0.29) is 30.0 Å². The number of para-hydroxylation sites is 1. The lowest BCUT2D eigenvalue weighted by Crippen LogP contribution is -2.29. The molecule has 0 fully saturated rings. The fraction of sp³-hybridized carbons (Fsp3) is 0.417. The van der Waals surface area contributed by atoms with Gasteiger partial charge in [0.25, 0.3) is 0 Å². The highest BCUT2D eigenvalue weighted by Crippen LogP contribution is 2.20. The summed E-state index contributed by atoms with van der Waals surface area (Å²) in [6.45, 7) is -1.07. The third kappa shape index (κ3) is 4.49. The van der Waals surface area contributed by atoms with Crippen LogP contribution < -0.4 is 10.1 Å². The van der Waals surface area contributed by atoms with E-state index in [2.05, 4.69) is 10.1 Å². The van der Waals surface area contributed by atoms with Crippen LogP contribution in [0.2, 0.25) is 0 Å². The summed E-state index contributed by atoms with van der Waals surface area (Å²) in [4.78, 5) is 11.5. The van der Waals surface area contributed by atoms with Crippen molar-refractivity contribution in [2.75, 3.05) is 5.88 Å². The van der Waals surface area contributed by atoms with Gasteiger partial charge in [0, 0.05) is 23.9 Å². The van der Waals surface area contributed by atoms with Crippen LogP contribution in [-0.2, 0) is 11.3 Å². The zero-order chi connectivity index (χ0) is 13.5. The number of halogens is 3. The van der Waals surface area contributed by atoms with Crippen LogP contribution >= 0.6 is 11.6 Å². The number of carbonyl (C=O) groups is 1. The summed E-state index contributed by atoms with van der Waals surface area (Å²) < 4.78 is 28.7. The van der Waals surface area contributed by atoms with Gasteiger partial charge in [0.15, 0.2) is 0 Å². The first-order valence-electron chi connectivity index (χ1n) is 5.41. The molecule has 1 N–H and O–H groups in total. The molecule has 3 nitrogen and oxygen atoms in total. The fourth-order valence-corrected chi connectivity index (χ4v) is 1.43. The molecular weight excluding hydrogens is 264 g/mol. The van der Waals surface area contributed by atoms with Crippen LogP contribution in [0, 0.1) is 5.92 Å². The smallest absolute Gasteiger partial charge is 0.387 e. The molecule has 1 aromatic carbocycles. The summed E-state index contributed by atoms with van der Waals surface area (Å²) in [6, 6.07) is 6.32. The minimum atomic E-state index is -2.89. The third-order valence-electron chi connectivity index (χ3n) is 2.32. The van der Waals surface area contributed by atoms with E-state index in [9.17, 15) is 13.6 Å². The van der Waals surface area contributed by atoms with Gasteiger partial charge in [-0.3, -0.25) is 4.79 Å². The van der Waals surface area contributed by atoms with Crippen molar-refractivity contribution in [3.05, 3.63) is 29.8 Å². The first-order chi connectivity index (χ1) is 8.54. The first kappa shape index (κ1) is 14.7. The molecule has 1 rings (SSSR count). The fourth-order valence-electron chi connectivity index (χ4n) is 1.29. The van der Waals surface area contributed by atoms with Crippen LogP contribution in [0.4, 0.5) is 8.78 Å². The Balaban J connectivity index is 2.64. The van der Waals surface area contributed by atoms with E-state index in [4.69, 9.17) is 11.6 Å². The molecule has 1 aromatic rings. The van der Waals surface area contributed by atoms with Gasteiger partial charge >= 0.3 is 6.61 Å². The van der Waals surface area contributed by atoms with Gasteiger partial charge in [0.05, 0.1) is 0 Å². The van der Waals surface area contributed by atoms with Gasteiger partial charge in [0.2, 0.25) is 5.91 Å². The molecule has 1 amide bonds. The Bertz CT molecular complexity index is 401. The SMILES string of the molecule is CC(CCl)C(=O)NCc1ccccc1OC(F)F. The normalized spacial score (nSPS) is 12.3. The van der Waals surface area contributed by atoms with Crippen molar-refractivity contribution >= 4 is 17.5 Å². The lowest BCUT2D eigenvalue weighted by atomic mass is 10.1. The Morgan fingerprint density at radius 3 is 2.72 bits per heavy atom. The number of nitrogens with one attached hydrogen (secondary N) is 1. The Hall–Kier alpha value is -1.36. The van der Waals surface area contributed by atoms with E-state index < -0.39 is 6.61 Å².